The molecule has 0 fully saturated rings. The second-order valence-corrected chi connectivity index (χ2v) is 7.38. The van der Waals surface area contributed by atoms with E-state index < -0.39 is 0 Å². The summed E-state index contributed by atoms with van der Waals surface area (Å²) in [5.74, 6) is 0.248. The Morgan fingerprint density at radius 3 is 2.39 bits per heavy atom. The van der Waals surface area contributed by atoms with E-state index in [4.69, 9.17) is 10.00 Å². The monoisotopic (exact) mass is 411 g/mol. The maximum absolute atomic E-state index is 13.0. The van der Waals surface area contributed by atoms with Crippen molar-refractivity contribution in [2.75, 3.05) is 16.8 Å². The molecule has 0 saturated carbocycles. The Bertz CT molecular complexity index is 1150. The summed E-state index contributed by atoms with van der Waals surface area (Å²) >= 11 is 0. The van der Waals surface area contributed by atoms with E-state index in [9.17, 15) is 9.59 Å². The minimum atomic E-state index is -0.279. The zero-order valence-electron chi connectivity index (χ0n) is 17.0. The van der Waals surface area contributed by atoms with Gasteiger partial charge in [-0.05, 0) is 54.4 Å². The molecule has 31 heavy (non-hydrogen) atoms. The second kappa shape index (κ2) is 8.72. The summed E-state index contributed by atoms with van der Waals surface area (Å²) in [5.41, 5.74) is 3.89. The summed E-state index contributed by atoms with van der Waals surface area (Å²) in [6.07, 6.45) is 0.222. The van der Waals surface area contributed by atoms with E-state index in [1.165, 1.54) is 0 Å². The van der Waals surface area contributed by atoms with Crippen molar-refractivity contribution in [3.8, 4) is 22.9 Å². The van der Waals surface area contributed by atoms with Crippen molar-refractivity contribution in [1.29, 1.82) is 5.26 Å². The normalized spacial score (nSPS) is 15.3. The van der Waals surface area contributed by atoms with Crippen molar-refractivity contribution >= 4 is 23.2 Å². The summed E-state index contributed by atoms with van der Waals surface area (Å²) in [4.78, 5) is 26.7. The largest absolute Gasteiger partial charge is 0.484 e. The Kier molecular flexibility index (Phi) is 5.67. The third-order valence-electron chi connectivity index (χ3n) is 5.19. The van der Waals surface area contributed by atoms with Crippen LogP contribution in [0.4, 0.5) is 11.4 Å². The van der Waals surface area contributed by atoms with Gasteiger partial charge in [0, 0.05) is 12.5 Å². The first kappa shape index (κ1) is 20.2. The van der Waals surface area contributed by atoms with Gasteiger partial charge in [0.25, 0.3) is 5.91 Å². The molecule has 1 N–H and O–H groups in total. The maximum atomic E-state index is 13.0. The average Bonchev–Trinajstić information content (AvgIpc) is 2.92. The van der Waals surface area contributed by atoms with Crippen molar-refractivity contribution in [3.05, 3.63) is 78.4 Å². The molecule has 6 heteroatoms. The fourth-order valence-electron chi connectivity index (χ4n) is 3.66. The van der Waals surface area contributed by atoms with Crippen LogP contribution in [0.2, 0.25) is 0 Å². The number of amides is 2. The van der Waals surface area contributed by atoms with Crippen LogP contribution in [0.5, 0.6) is 5.75 Å². The van der Waals surface area contributed by atoms with Gasteiger partial charge in [0.2, 0.25) is 5.91 Å². The van der Waals surface area contributed by atoms with Gasteiger partial charge >= 0.3 is 0 Å². The summed E-state index contributed by atoms with van der Waals surface area (Å²) in [5, 5.41) is 11.8. The lowest BCUT2D eigenvalue weighted by molar-refractivity contribution is -0.121. The molecule has 1 unspecified atom stereocenters. The number of hydrogen-bond donors (Lipinski definition) is 1. The molecule has 0 bridgehead atoms. The van der Waals surface area contributed by atoms with E-state index in [-0.39, 0.29) is 30.9 Å². The number of carbonyl (C=O) groups is 2. The summed E-state index contributed by atoms with van der Waals surface area (Å²) in [6.45, 7) is 1.72. The van der Waals surface area contributed by atoms with Crippen LogP contribution in [0, 0.1) is 11.3 Å². The minimum absolute atomic E-state index is 0.116. The fourth-order valence-corrected chi connectivity index (χ4v) is 3.66. The van der Waals surface area contributed by atoms with E-state index >= 15 is 0 Å². The number of nitriles is 1. The quantitative estimate of drug-likeness (QED) is 0.691. The van der Waals surface area contributed by atoms with Crippen LogP contribution < -0.4 is 15.0 Å². The van der Waals surface area contributed by atoms with Crippen molar-refractivity contribution in [2.45, 2.75) is 19.4 Å². The van der Waals surface area contributed by atoms with Crippen molar-refractivity contribution < 1.29 is 14.3 Å². The zero-order valence-corrected chi connectivity index (χ0v) is 17.0. The van der Waals surface area contributed by atoms with E-state index in [0.717, 1.165) is 11.1 Å². The Morgan fingerprint density at radius 2 is 1.71 bits per heavy atom. The van der Waals surface area contributed by atoms with Crippen LogP contribution in [-0.2, 0) is 9.59 Å². The smallest absolute Gasteiger partial charge is 0.265 e. The molecule has 6 nitrogen and oxygen atoms in total. The molecule has 3 aromatic carbocycles. The van der Waals surface area contributed by atoms with Crippen LogP contribution in [0.3, 0.4) is 0 Å². The van der Waals surface area contributed by atoms with Gasteiger partial charge in [-0.25, -0.2) is 0 Å². The molecular formula is C25H21N3O3. The highest BCUT2D eigenvalue weighted by molar-refractivity contribution is 6.04. The second-order valence-electron chi connectivity index (χ2n) is 7.38. The fraction of sp³-hybridized carbons (Fsp3) is 0.160. The number of nitrogens with one attached hydrogen (secondary N) is 1. The summed E-state index contributed by atoms with van der Waals surface area (Å²) in [6, 6.07) is 23.9. The standard InChI is InChI=1S/C25H21N3O3/c1-17-14-24(29)27-22-4-2-3-5-23(22)28(17)25(30)16-31-21-12-10-20(11-13-21)19-8-6-18(15-26)7-9-19/h2-13,17H,14,16H2,1H3,(H,27,29). The first-order valence-electron chi connectivity index (χ1n) is 9.99. The minimum Gasteiger partial charge on any atom is -0.484 e. The number of benzene rings is 3. The summed E-state index contributed by atoms with van der Waals surface area (Å²) in [7, 11) is 0. The van der Waals surface area contributed by atoms with Crippen LogP contribution in [0.15, 0.2) is 72.8 Å². The van der Waals surface area contributed by atoms with E-state index in [2.05, 4.69) is 11.4 Å². The molecule has 4 rings (SSSR count). The lowest BCUT2D eigenvalue weighted by atomic mass is 10.0. The van der Waals surface area contributed by atoms with Crippen LogP contribution in [-0.4, -0.2) is 24.5 Å². The highest BCUT2D eigenvalue weighted by Crippen LogP contribution is 2.31. The first-order valence-corrected chi connectivity index (χ1v) is 9.99. The number of carbonyl (C=O) groups excluding carboxylic acids is 2. The maximum Gasteiger partial charge on any atom is 0.265 e. The Balaban J connectivity index is 1.46. The number of para-hydroxylation sites is 2. The van der Waals surface area contributed by atoms with Gasteiger partial charge in [0.05, 0.1) is 23.0 Å². The third kappa shape index (κ3) is 4.41. The topological polar surface area (TPSA) is 82.4 Å². The predicted molar refractivity (Wildman–Crippen MR) is 119 cm³/mol. The predicted octanol–water partition coefficient (Wildman–Crippen LogP) is 4.37. The molecule has 0 saturated heterocycles. The SMILES string of the molecule is CC1CC(=O)Nc2ccccc2N1C(=O)COc1ccc(-c2ccc(C#N)cc2)cc1. The molecule has 1 heterocycles. The summed E-state index contributed by atoms with van der Waals surface area (Å²) < 4.78 is 5.74. The first-order chi connectivity index (χ1) is 15.0. The number of hydrogen-bond acceptors (Lipinski definition) is 4. The molecular weight excluding hydrogens is 390 g/mol. The number of anilines is 2. The zero-order chi connectivity index (χ0) is 21.8. The van der Waals surface area contributed by atoms with E-state index in [0.29, 0.717) is 22.7 Å². The number of ether oxygens (including phenoxy) is 1. The van der Waals surface area contributed by atoms with Crippen molar-refractivity contribution in [2.24, 2.45) is 0 Å². The van der Waals surface area contributed by atoms with Crippen LogP contribution in [0.1, 0.15) is 18.9 Å². The van der Waals surface area contributed by atoms with Gasteiger partial charge in [0.1, 0.15) is 5.75 Å². The molecule has 1 aliphatic rings. The van der Waals surface area contributed by atoms with E-state index in [1.54, 1.807) is 23.1 Å². The number of nitrogens with zero attached hydrogens (tertiary/aromatic N) is 2. The van der Waals surface area contributed by atoms with Crippen LogP contribution >= 0.6 is 0 Å². The highest BCUT2D eigenvalue weighted by Gasteiger charge is 2.29. The molecule has 0 spiro atoms. The molecule has 3 aromatic rings. The lowest BCUT2D eigenvalue weighted by Gasteiger charge is -2.27. The average molecular weight is 411 g/mol. The number of fused-ring (bicyclic) bond motifs is 1. The lowest BCUT2D eigenvalue weighted by Crippen LogP contribution is -2.41. The Morgan fingerprint density at radius 1 is 1.06 bits per heavy atom. The molecule has 0 aliphatic carbocycles. The number of rotatable bonds is 4. The Labute approximate surface area is 180 Å². The van der Waals surface area contributed by atoms with Crippen molar-refractivity contribution in [1.82, 2.24) is 0 Å². The molecule has 0 aromatic heterocycles. The molecule has 1 aliphatic heterocycles. The van der Waals surface area contributed by atoms with Crippen molar-refractivity contribution in [3.63, 3.8) is 0 Å². The van der Waals surface area contributed by atoms with E-state index in [1.807, 2.05) is 61.5 Å². The third-order valence-corrected chi connectivity index (χ3v) is 5.19. The molecule has 1 atom stereocenters. The van der Waals surface area contributed by atoms with Gasteiger partial charge in [0.15, 0.2) is 6.61 Å². The molecule has 2 amide bonds. The molecule has 0 radical (unpaired) electrons. The van der Waals surface area contributed by atoms with Crippen LogP contribution in [0.25, 0.3) is 11.1 Å². The van der Waals surface area contributed by atoms with Gasteiger partial charge in [-0.15, -0.1) is 0 Å². The highest BCUT2D eigenvalue weighted by atomic mass is 16.5. The van der Waals surface area contributed by atoms with Gasteiger partial charge < -0.3 is 15.0 Å². The molecule has 154 valence electrons. The van der Waals surface area contributed by atoms with Gasteiger partial charge in [-0.1, -0.05) is 36.4 Å². The van der Waals surface area contributed by atoms with Gasteiger partial charge in [-0.3, -0.25) is 9.59 Å². The Hall–Kier alpha value is -4.11. The van der Waals surface area contributed by atoms with Gasteiger partial charge in [-0.2, -0.15) is 5.26 Å².